The molecule has 0 spiro atoms. The summed E-state index contributed by atoms with van der Waals surface area (Å²) in [6, 6.07) is 11.9. The molecule has 6 nitrogen and oxygen atoms in total. The quantitative estimate of drug-likeness (QED) is 0.726. The number of halogens is 1. The first-order valence-electron chi connectivity index (χ1n) is 7.87. The van der Waals surface area contributed by atoms with E-state index in [0.29, 0.717) is 16.3 Å². The molecular weight excluding hydrogens is 378 g/mol. The Hall–Kier alpha value is -2.38. The number of carbonyl (C=O) groups is 2. The Morgan fingerprint density at radius 3 is 2.23 bits per heavy atom. The molecule has 0 aliphatic carbocycles. The molecule has 0 atom stereocenters. The second kappa shape index (κ2) is 8.82. The zero-order chi connectivity index (χ0) is 19.2. The van der Waals surface area contributed by atoms with Gasteiger partial charge in [0.1, 0.15) is 0 Å². The van der Waals surface area contributed by atoms with E-state index >= 15 is 0 Å². The second-order valence-electron chi connectivity index (χ2n) is 5.37. The first-order chi connectivity index (χ1) is 12.3. The van der Waals surface area contributed by atoms with E-state index < -0.39 is 21.7 Å². The van der Waals surface area contributed by atoms with Crippen LogP contribution in [0.1, 0.15) is 23.7 Å². The number of benzene rings is 2. The highest BCUT2D eigenvalue weighted by atomic mass is 35.5. The third-order valence-corrected chi connectivity index (χ3v) is 5.43. The maximum Gasteiger partial charge on any atom is 0.338 e. The average molecular weight is 396 g/mol. The van der Waals surface area contributed by atoms with Crippen molar-refractivity contribution in [3.8, 4) is 0 Å². The van der Waals surface area contributed by atoms with Crippen molar-refractivity contribution in [3.05, 3.63) is 59.1 Å². The topological polar surface area (TPSA) is 89.5 Å². The van der Waals surface area contributed by atoms with Gasteiger partial charge < -0.3 is 10.1 Å². The van der Waals surface area contributed by atoms with Crippen LogP contribution in [0.5, 0.6) is 0 Å². The number of esters is 1. The Kier molecular flexibility index (Phi) is 6.76. The van der Waals surface area contributed by atoms with Crippen molar-refractivity contribution >= 4 is 39.0 Å². The van der Waals surface area contributed by atoms with Crippen LogP contribution in [-0.4, -0.2) is 32.7 Å². The van der Waals surface area contributed by atoms with E-state index in [0.717, 1.165) is 0 Å². The Bertz CT molecular complexity index is 877. The van der Waals surface area contributed by atoms with Gasteiger partial charge in [-0.3, -0.25) is 4.79 Å². The molecule has 1 N–H and O–H groups in total. The van der Waals surface area contributed by atoms with E-state index in [2.05, 4.69) is 5.32 Å². The van der Waals surface area contributed by atoms with Crippen molar-refractivity contribution in [1.29, 1.82) is 0 Å². The lowest BCUT2D eigenvalue weighted by Crippen LogP contribution is -2.17. The number of hydrogen-bond acceptors (Lipinski definition) is 5. The van der Waals surface area contributed by atoms with Gasteiger partial charge in [0.25, 0.3) is 0 Å². The Balaban J connectivity index is 1.92. The fraction of sp³-hybridized carbons (Fsp3) is 0.222. The van der Waals surface area contributed by atoms with Gasteiger partial charge in [-0.15, -0.1) is 0 Å². The van der Waals surface area contributed by atoms with Crippen molar-refractivity contribution in [2.24, 2.45) is 0 Å². The van der Waals surface area contributed by atoms with Crippen LogP contribution in [0.15, 0.2) is 53.4 Å². The summed E-state index contributed by atoms with van der Waals surface area (Å²) in [5.74, 6) is -1.20. The molecule has 138 valence electrons. The van der Waals surface area contributed by atoms with E-state index in [4.69, 9.17) is 16.3 Å². The Morgan fingerprint density at radius 1 is 1.04 bits per heavy atom. The summed E-state index contributed by atoms with van der Waals surface area (Å²) in [5, 5.41) is 3.03. The molecule has 1 amide bonds. The molecular formula is C18H18ClNO5S. The highest BCUT2D eigenvalue weighted by Crippen LogP contribution is 2.16. The summed E-state index contributed by atoms with van der Waals surface area (Å²) in [6.45, 7) is 1.99. The zero-order valence-electron chi connectivity index (χ0n) is 14.1. The number of nitrogens with one attached hydrogen (secondary N) is 1. The van der Waals surface area contributed by atoms with Gasteiger partial charge in [0.2, 0.25) is 5.91 Å². The summed E-state index contributed by atoms with van der Waals surface area (Å²) >= 11 is 5.74. The Labute approximate surface area is 157 Å². The minimum absolute atomic E-state index is 0.119. The average Bonchev–Trinajstić information content (AvgIpc) is 2.61. The number of rotatable bonds is 7. The number of hydrogen-bond donors (Lipinski definition) is 1. The molecule has 0 unspecified atom stereocenters. The molecule has 2 aromatic rings. The van der Waals surface area contributed by atoms with E-state index in [1.54, 1.807) is 19.1 Å². The first kappa shape index (κ1) is 19.9. The summed E-state index contributed by atoms with van der Waals surface area (Å²) in [5.41, 5.74) is 0.835. The minimum Gasteiger partial charge on any atom is -0.462 e. The van der Waals surface area contributed by atoms with Crippen LogP contribution < -0.4 is 5.32 Å². The molecule has 0 aliphatic rings. The van der Waals surface area contributed by atoms with Crippen LogP contribution in [0.4, 0.5) is 5.69 Å². The van der Waals surface area contributed by atoms with Crippen molar-refractivity contribution in [3.63, 3.8) is 0 Å². The van der Waals surface area contributed by atoms with Crippen molar-refractivity contribution in [2.45, 2.75) is 18.2 Å². The van der Waals surface area contributed by atoms with Gasteiger partial charge in [0.05, 0.1) is 22.8 Å². The van der Waals surface area contributed by atoms with E-state index in [1.165, 1.54) is 36.4 Å². The smallest absolute Gasteiger partial charge is 0.338 e. The molecule has 0 saturated heterocycles. The molecule has 0 aliphatic heterocycles. The van der Waals surface area contributed by atoms with E-state index in [-0.39, 0.29) is 23.7 Å². The van der Waals surface area contributed by atoms with Gasteiger partial charge in [-0.2, -0.15) is 0 Å². The van der Waals surface area contributed by atoms with Crippen LogP contribution in [0, 0.1) is 0 Å². The van der Waals surface area contributed by atoms with Crippen LogP contribution in [0.25, 0.3) is 0 Å². The molecule has 8 heteroatoms. The number of sulfone groups is 1. The highest BCUT2D eigenvalue weighted by molar-refractivity contribution is 7.91. The molecule has 0 radical (unpaired) electrons. The minimum atomic E-state index is -3.57. The lowest BCUT2D eigenvalue weighted by molar-refractivity contribution is -0.115. The fourth-order valence-electron chi connectivity index (χ4n) is 2.11. The van der Waals surface area contributed by atoms with E-state index in [9.17, 15) is 18.0 Å². The van der Waals surface area contributed by atoms with Gasteiger partial charge >= 0.3 is 5.97 Å². The second-order valence-corrected chi connectivity index (χ2v) is 7.91. The number of ether oxygens (including phenoxy) is 1. The van der Waals surface area contributed by atoms with E-state index in [1.807, 2.05) is 0 Å². The summed E-state index contributed by atoms with van der Waals surface area (Å²) < 4.78 is 29.3. The predicted octanol–water partition coefficient (Wildman–Crippen LogP) is 3.32. The maximum atomic E-state index is 12.2. The third-order valence-electron chi connectivity index (χ3n) is 3.45. The van der Waals surface area contributed by atoms with Crippen LogP contribution in [-0.2, 0) is 19.4 Å². The lowest BCUT2D eigenvalue weighted by Gasteiger charge is -2.07. The molecule has 0 bridgehead atoms. The van der Waals surface area contributed by atoms with Crippen LogP contribution in [0.3, 0.4) is 0 Å². The van der Waals surface area contributed by atoms with Gasteiger partial charge in [0, 0.05) is 17.1 Å². The maximum absolute atomic E-state index is 12.2. The van der Waals surface area contributed by atoms with Gasteiger partial charge in [-0.1, -0.05) is 11.6 Å². The Morgan fingerprint density at radius 2 is 1.65 bits per heavy atom. The standard InChI is InChI=1S/C18H18ClNO5S/c1-2-25-18(22)13-3-7-15(8-4-13)20-17(21)11-12-26(23,24)16-9-5-14(19)6-10-16/h3-10H,2,11-12H2,1H3,(H,20,21). The van der Waals surface area contributed by atoms with Gasteiger partial charge in [-0.05, 0) is 55.5 Å². The zero-order valence-corrected chi connectivity index (χ0v) is 15.6. The molecule has 0 aromatic heterocycles. The number of amides is 1. The van der Waals surface area contributed by atoms with Gasteiger partial charge in [0.15, 0.2) is 9.84 Å². The molecule has 26 heavy (non-hydrogen) atoms. The molecule has 2 aromatic carbocycles. The SMILES string of the molecule is CCOC(=O)c1ccc(NC(=O)CCS(=O)(=O)c2ccc(Cl)cc2)cc1. The first-order valence-corrected chi connectivity index (χ1v) is 9.90. The highest BCUT2D eigenvalue weighted by Gasteiger charge is 2.16. The molecule has 0 fully saturated rings. The summed E-state index contributed by atoms with van der Waals surface area (Å²) in [4.78, 5) is 23.7. The third kappa shape index (κ3) is 5.57. The molecule has 0 heterocycles. The van der Waals surface area contributed by atoms with Crippen molar-refractivity contribution in [2.75, 3.05) is 17.7 Å². The van der Waals surface area contributed by atoms with Crippen molar-refractivity contribution in [1.82, 2.24) is 0 Å². The summed E-state index contributed by atoms with van der Waals surface area (Å²) in [6.07, 6.45) is -0.190. The predicted molar refractivity (Wildman–Crippen MR) is 99.2 cm³/mol. The molecule has 0 saturated carbocycles. The van der Waals surface area contributed by atoms with Crippen LogP contribution >= 0.6 is 11.6 Å². The molecule has 2 rings (SSSR count). The number of anilines is 1. The van der Waals surface area contributed by atoms with Crippen molar-refractivity contribution < 1.29 is 22.7 Å². The fourth-order valence-corrected chi connectivity index (χ4v) is 3.48. The van der Waals surface area contributed by atoms with Gasteiger partial charge in [-0.25, -0.2) is 13.2 Å². The largest absolute Gasteiger partial charge is 0.462 e. The monoisotopic (exact) mass is 395 g/mol. The van der Waals surface area contributed by atoms with Crippen LogP contribution in [0.2, 0.25) is 5.02 Å². The normalized spacial score (nSPS) is 11.0. The lowest BCUT2D eigenvalue weighted by atomic mass is 10.2. The summed E-state index contributed by atoms with van der Waals surface area (Å²) in [7, 11) is -3.57. The number of carbonyl (C=O) groups excluding carboxylic acids is 2.